The van der Waals surface area contributed by atoms with Crippen molar-refractivity contribution < 1.29 is 14.8 Å². The van der Waals surface area contributed by atoms with Crippen LogP contribution in [0.3, 0.4) is 0 Å². The van der Waals surface area contributed by atoms with E-state index in [1.807, 2.05) is 48.5 Å². The zero-order chi connectivity index (χ0) is 15.0. The number of benzene rings is 2. The minimum atomic E-state index is -0.479. The Hall–Kier alpha value is -2.46. The van der Waals surface area contributed by atoms with E-state index in [-0.39, 0.29) is 11.8 Å². The van der Waals surface area contributed by atoms with Crippen LogP contribution in [0.5, 0.6) is 0 Å². The Morgan fingerprint density at radius 1 is 0.682 bits per heavy atom. The van der Waals surface area contributed by atoms with Gasteiger partial charge in [0.2, 0.25) is 0 Å². The van der Waals surface area contributed by atoms with Gasteiger partial charge in [0, 0.05) is 11.8 Å². The molecular weight excluding hydrogens is 278 g/mol. The molecule has 108 valence electrons. The molecule has 22 heavy (non-hydrogen) atoms. The van der Waals surface area contributed by atoms with Crippen LogP contribution >= 0.6 is 0 Å². The molecule has 1 fully saturated rings. The topological polar surface area (TPSA) is 57.6 Å². The third-order valence-electron chi connectivity index (χ3n) is 5.43. The Morgan fingerprint density at radius 3 is 1.32 bits per heavy atom. The molecule has 3 aliphatic carbocycles. The average molecular weight is 291 g/mol. The SMILES string of the molecule is O=C1[C@@H]2C3c4ccccc4C(c4ccccc43)[C@@H]2C(=O)N1O. The molecule has 6 rings (SSSR count). The fourth-order valence-electron chi connectivity index (χ4n) is 4.66. The highest BCUT2D eigenvalue weighted by molar-refractivity contribution is 6.06. The molecule has 0 saturated carbocycles. The number of imide groups is 1. The maximum Gasteiger partial charge on any atom is 0.258 e. The van der Waals surface area contributed by atoms with Crippen molar-refractivity contribution >= 4 is 11.8 Å². The van der Waals surface area contributed by atoms with Gasteiger partial charge in [0.1, 0.15) is 0 Å². The summed E-state index contributed by atoms with van der Waals surface area (Å²) in [5, 5.41) is 10.2. The van der Waals surface area contributed by atoms with Crippen LogP contribution in [-0.4, -0.2) is 22.1 Å². The molecular formula is C18H13NO3. The highest BCUT2D eigenvalue weighted by atomic mass is 16.5. The lowest BCUT2D eigenvalue weighted by atomic mass is 9.55. The van der Waals surface area contributed by atoms with Gasteiger partial charge in [-0.15, -0.1) is 0 Å². The van der Waals surface area contributed by atoms with Crippen molar-refractivity contribution in [2.24, 2.45) is 11.8 Å². The summed E-state index contributed by atoms with van der Waals surface area (Å²) in [4.78, 5) is 24.8. The number of carbonyl (C=O) groups is 2. The lowest BCUT2D eigenvalue weighted by Gasteiger charge is -2.45. The molecule has 4 aliphatic rings. The number of hydrogen-bond donors (Lipinski definition) is 1. The predicted octanol–water partition coefficient (Wildman–Crippen LogP) is 2.27. The maximum atomic E-state index is 12.4. The van der Waals surface area contributed by atoms with Gasteiger partial charge in [0.25, 0.3) is 11.8 Å². The lowest BCUT2D eigenvalue weighted by Crippen LogP contribution is -2.41. The predicted molar refractivity (Wildman–Crippen MR) is 77.2 cm³/mol. The van der Waals surface area contributed by atoms with Crippen molar-refractivity contribution in [3.63, 3.8) is 0 Å². The molecule has 1 N–H and O–H groups in total. The van der Waals surface area contributed by atoms with Crippen LogP contribution < -0.4 is 0 Å². The van der Waals surface area contributed by atoms with E-state index in [2.05, 4.69) is 0 Å². The monoisotopic (exact) mass is 291 g/mol. The fraction of sp³-hybridized carbons (Fsp3) is 0.222. The minimum absolute atomic E-state index is 0.143. The summed E-state index contributed by atoms with van der Waals surface area (Å²) in [6, 6.07) is 16.0. The molecule has 2 aromatic rings. The number of hydrogen-bond acceptors (Lipinski definition) is 3. The molecule has 2 amide bonds. The number of carbonyl (C=O) groups excluding carboxylic acids is 2. The molecule has 0 unspecified atom stereocenters. The van der Waals surface area contributed by atoms with E-state index in [9.17, 15) is 14.8 Å². The van der Waals surface area contributed by atoms with Crippen LogP contribution in [-0.2, 0) is 9.59 Å². The van der Waals surface area contributed by atoms with Crippen LogP contribution in [0.1, 0.15) is 34.1 Å². The van der Waals surface area contributed by atoms with E-state index < -0.39 is 23.7 Å². The first-order chi connectivity index (χ1) is 10.7. The van der Waals surface area contributed by atoms with Gasteiger partial charge in [0.05, 0.1) is 11.8 Å². The van der Waals surface area contributed by atoms with E-state index in [4.69, 9.17) is 0 Å². The van der Waals surface area contributed by atoms with Gasteiger partial charge in [0.15, 0.2) is 0 Å². The van der Waals surface area contributed by atoms with Gasteiger partial charge in [-0.1, -0.05) is 48.5 Å². The molecule has 2 atom stereocenters. The molecule has 4 heteroatoms. The Morgan fingerprint density at radius 2 is 1.00 bits per heavy atom. The first-order valence-corrected chi connectivity index (χ1v) is 7.44. The Bertz CT molecular complexity index is 728. The first-order valence-electron chi connectivity index (χ1n) is 7.44. The van der Waals surface area contributed by atoms with Crippen molar-refractivity contribution in [2.45, 2.75) is 11.8 Å². The highest BCUT2D eigenvalue weighted by Crippen LogP contribution is 2.60. The van der Waals surface area contributed by atoms with Crippen molar-refractivity contribution in [3.05, 3.63) is 70.8 Å². The number of rotatable bonds is 0. The van der Waals surface area contributed by atoms with Crippen LogP contribution in [0.2, 0.25) is 0 Å². The van der Waals surface area contributed by atoms with E-state index >= 15 is 0 Å². The molecule has 2 bridgehead atoms. The summed E-state index contributed by atoms with van der Waals surface area (Å²) >= 11 is 0. The van der Waals surface area contributed by atoms with Crippen LogP contribution in [0.4, 0.5) is 0 Å². The summed E-state index contributed by atoms with van der Waals surface area (Å²) in [6.07, 6.45) is 0. The molecule has 0 spiro atoms. The van der Waals surface area contributed by atoms with Crippen LogP contribution in [0.15, 0.2) is 48.5 Å². The molecule has 1 aliphatic heterocycles. The van der Waals surface area contributed by atoms with Gasteiger partial charge < -0.3 is 0 Å². The second-order valence-electron chi connectivity index (χ2n) is 6.25. The van der Waals surface area contributed by atoms with Gasteiger partial charge in [-0.2, -0.15) is 5.06 Å². The quantitative estimate of drug-likeness (QED) is 0.598. The van der Waals surface area contributed by atoms with E-state index in [0.717, 1.165) is 22.3 Å². The van der Waals surface area contributed by atoms with Crippen molar-refractivity contribution in [3.8, 4) is 0 Å². The van der Waals surface area contributed by atoms with Gasteiger partial charge in [-0.3, -0.25) is 14.8 Å². The van der Waals surface area contributed by atoms with Crippen molar-refractivity contribution in [1.82, 2.24) is 5.06 Å². The smallest absolute Gasteiger partial charge is 0.258 e. The van der Waals surface area contributed by atoms with Gasteiger partial charge in [-0.05, 0) is 22.3 Å². The summed E-state index contributed by atoms with van der Waals surface area (Å²) in [5.74, 6) is -2.17. The number of hydroxylamine groups is 2. The zero-order valence-corrected chi connectivity index (χ0v) is 11.6. The summed E-state index contributed by atoms with van der Waals surface area (Å²) < 4.78 is 0. The third kappa shape index (κ3) is 1.19. The van der Waals surface area contributed by atoms with Gasteiger partial charge in [-0.25, -0.2) is 0 Å². The zero-order valence-electron chi connectivity index (χ0n) is 11.6. The minimum Gasteiger partial charge on any atom is -0.278 e. The normalized spacial score (nSPS) is 31.0. The maximum absolute atomic E-state index is 12.4. The molecule has 2 aromatic carbocycles. The molecule has 1 heterocycles. The first kappa shape index (κ1) is 12.1. The second-order valence-corrected chi connectivity index (χ2v) is 6.25. The van der Waals surface area contributed by atoms with Crippen LogP contribution in [0.25, 0.3) is 0 Å². The fourth-order valence-corrected chi connectivity index (χ4v) is 4.66. The summed E-state index contributed by atoms with van der Waals surface area (Å²) in [7, 11) is 0. The van der Waals surface area contributed by atoms with Crippen molar-refractivity contribution in [2.75, 3.05) is 0 Å². The number of nitrogens with zero attached hydrogens (tertiary/aromatic N) is 1. The molecule has 1 saturated heterocycles. The largest absolute Gasteiger partial charge is 0.278 e. The van der Waals surface area contributed by atoms with Gasteiger partial charge >= 0.3 is 0 Å². The Kier molecular flexibility index (Phi) is 2.12. The summed E-state index contributed by atoms with van der Waals surface area (Å²) in [5.41, 5.74) is 4.46. The number of amides is 2. The third-order valence-corrected chi connectivity index (χ3v) is 5.43. The van der Waals surface area contributed by atoms with Crippen LogP contribution in [0, 0.1) is 11.8 Å². The average Bonchev–Trinajstić information content (AvgIpc) is 2.80. The Balaban J connectivity index is 1.86. The Labute approximate surface area is 126 Å². The van der Waals surface area contributed by atoms with E-state index in [0.29, 0.717) is 5.06 Å². The molecule has 0 aromatic heterocycles. The lowest BCUT2D eigenvalue weighted by molar-refractivity contribution is -0.173. The standard InChI is InChI=1S/C18H13NO3/c20-17-15-13-9-5-1-2-6-10(9)14(16(15)18(21)19(17)22)12-8-4-3-7-11(12)13/h1-8,13-16,22H/t13?,14?,15-,16+. The molecule has 0 radical (unpaired) electrons. The van der Waals surface area contributed by atoms with E-state index in [1.165, 1.54) is 0 Å². The van der Waals surface area contributed by atoms with E-state index in [1.54, 1.807) is 0 Å². The summed E-state index contributed by atoms with van der Waals surface area (Å²) in [6.45, 7) is 0. The molecule has 4 nitrogen and oxygen atoms in total. The second kappa shape index (κ2) is 3.84. The van der Waals surface area contributed by atoms with Crippen molar-refractivity contribution in [1.29, 1.82) is 0 Å². The highest BCUT2D eigenvalue weighted by Gasteiger charge is 2.61.